The Labute approximate surface area is 122 Å². The van der Waals surface area contributed by atoms with Gasteiger partial charge in [0.2, 0.25) is 0 Å². The third-order valence-corrected chi connectivity index (χ3v) is 4.66. The van der Waals surface area contributed by atoms with Crippen LogP contribution in [0.3, 0.4) is 0 Å². The molecule has 1 atom stereocenters. The molecule has 0 bridgehead atoms. The Morgan fingerprint density at radius 1 is 1.45 bits per heavy atom. The summed E-state index contributed by atoms with van der Waals surface area (Å²) in [5.41, 5.74) is 5.38. The Kier molecular flexibility index (Phi) is 3.92. The lowest BCUT2D eigenvalue weighted by Crippen LogP contribution is -2.51. The SMILES string of the molecule is NCC#Cc1ccc(CN2CCN3C(=O)NCC3C2)s1. The molecule has 1 unspecified atom stereocenters. The molecule has 0 spiro atoms. The number of nitrogens with two attached hydrogens (primary N) is 1. The van der Waals surface area contributed by atoms with Crippen LogP contribution in [0.25, 0.3) is 0 Å². The Morgan fingerprint density at radius 2 is 2.35 bits per heavy atom. The van der Waals surface area contributed by atoms with Gasteiger partial charge < -0.3 is 16.0 Å². The van der Waals surface area contributed by atoms with Crippen molar-refractivity contribution in [1.82, 2.24) is 15.1 Å². The monoisotopic (exact) mass is 290 g/mol. The van der Waals surface area contributed by atoms with Gasteiger partial charge in [-0.05, 0) is 12.1 Å². The summed E-state index contributed by atoms with van der Waals surface area (Å²) in [5, 5.41) is 2.91. The molecule has 3 rings (SSSR count). The third kappa shape index (κ3) is 2.80. The van der Waals surface area contributed by atoms with Gasteiger partial charge in [-0.15, -0.1) is 11.3 Å². The molecule has 0 aromatic carbocycles. The van der Waals surface area contributed by atoms with E-state index in [2.05, 4.69) is 34.2 Å². The van der Waals surface area contributed by atoms with E-state index in [1.807, 2.05) is 4.90 Å². The van der Waals surface area contributed by atoms with Crippen LogP contribution in [0.5, 0.6) is 0 Å². The lowest BCUT2D eigenvalue weighted by atomic mass is 10.2. The van der Waals surface area contributed by atoms with Crippen LogP contribution >= 0.6 is 11.3 Å². The number of hydrogen-bond acceptors (Lipinski definition) is 4. The number of nitrogens with zero attached hydrogens (tertiary/aromatic N) is 2. The maximum Gasteiger partial charge on any atom is 0.317 e. The second kappa shape index (κ2) is 5.83. The number of carbonyl (C=O) groups excluding carboxylic acids is 1. The molecule has 6 heteroatoms. The topological polar surface area (TPSA) is 61.6 Å². The van der Waals surface area contributed by atoms with Gasteiger partial charge >= 0.3 is 6.03 Å². The predicted molar refractivity (Wildman–Crippen MR) is 79.4 cm³/mol. The van der Waals surface area contributed by atoms with E-state index in [4.69, 9.17) is 5.73 Å². The Balaban J connectivity index is 1.59. The quantitative estimate of drug-likeness (QED) is 0.769. The molecule has 106 valence electrons. The molecule has 3 N–H and O–H groups in total. The van der Waals surface area contributed by atoms with Crippen LogP contribution in [0.1, 0.15) is 9.75 Å². The average molecular weight is 290 g/mol. The number of hydrogen-bond donors (Lipinski definition) is 2. The zero-order valence-corrected chi connectivity index (χ0v) is 12.1. The summed E-state index contributed by atoms with van der Waals surface area (Å²) in [5.74, 6) is 5.95. The summed E-state index contributed by atoms with van der Waals surface area (Å²) in [6.45, 7) is 4.81. The van der Waals surface area contributed by atoms with Crippen LogP contribution in [-0.4, -0.2) is 54.6 Å². The second-order valence-electron chi connectivity index (χ2n) is 5.04. The fraction of sp³-hybridized carbons (Fsp3) is 0.500. The van der Waals surface area contributed by atoms with Gasteiger partial charge in [-0.3, -0.25) is 4.90 Å². The first-order valence-electron chi connectivity index (χ1n) is 6.81. The molecule has 3 heterocycles. The van der Waals surface area contributed by atoms with Crippen molar-refractivity contribution in [3.8, 4) is 11.8 Å². The minimum atomic E-state index is 0.0881. The minimum absolute atomic E-state index is 0.0881. The number of carbonyl (C=O) groups is 1. The van der Waals surface area contributed by atoms with Gasteiger partial charge in [0.1, 0.15) is 0 Å². The molecule has 0 radical (unpaired) electrons. The lowest BCUT2D eigenvalue weighted by molar-refractivity contribution is 0.117. The standard InChI is InChI=1S/C14H18N4OS/c15-5-1-2-12-3-4-13(20-12)10-17-6-7-18-11(9-17)8-16-14(18)19/h3-4,11H,5-10,15H2,(H,16,19). The van der Waals surface area contributed by atoms with E-state index < -0.39 is 0 Å². The maximum absolute atomic E-state index is 11.6. The van der Waals surface area contributed by atoms with Gasteiger partial charge in [-0.1, -0.05) is 11.8 Å². The van der Waals surface area contributed by atoms with Gasteiger partial charge in [-0.2, -0.15) is 0 Å². The zero-order chi connectivity index (χ0) is 13.9. The highest BCUT2D eigenvalue weighted by Gasteiger charge is 2.35. The van der Waals surface area contributed by atoms with Gasteiger partial charge in [0.15, 0.2) is 0 Å². The molecule has 1 aromatic heterocycles. The van der Waals surface area contributed by atoms with Crippen molar-refractivity contribution in [2.75, 3.05) is 32.7 Å². The fourth-order valence-electron chi connectivity index (χ4n) is 2.70. The maximum atomic E-state index is 11.6. The molecule has 5 nitrogen and oxygen atoms in total. The van der Waals surface area contributed by atoms with E-state index in [0.29, 0.717) is 12.6 Å². The minimum Gasteiger partial charge on any atom is -0.336 e. The summed E-state index contributed by atoms with van der Waals surface area (Å²) in [6.07, 6.45) is 0. The van der Waals surface area contributed by atoms with E-state index in [1.165, 1.54) is 4.88 Å². The van der Waals surface area contributed by atoms with Crippen molar-refractivity contribution in [3.63, 3.8) is 0 Å². The summed E-state index contributed by atoms with van der Waals surface area (Å²) < 4.78 is 0. The molecule has 2 amide bonds. The summed E-state index contributed by atoms with van der Waals surface area (Å²) in [6, 6.07) is 4.60. The number of rotatable bonds is 2. The van der Waals surface area contributed by atoms with Crippen LogP contribution in [0, 0.1) is 11.8 Å². The highest BCUT2D eigenvalue weighted by atomic mass is 32.1. The Morgan fingerprint density at radius 3 is 3.20 bits per heavy atom. The van der Waals surface area contributed by atoms with Crippen molar-refractivity contribution in [1.29, 1.82) is 0 Å². The first-order valence-corrected chi connectivity index (χ1v) is 7.62. The van der Waals surface area contributed by atoms with Gasteiger partial charge in [0.05, 0.1) is 17.5 Å². The van der Waals surface area contributed by atoms with Crippen LogP contribution in [0.4, 0.5) is 4.79 Å². The first-order chi connectivity index (χ1) is 9.76. The molecular weight excluding hydrogens is 272 g/mol. The molecule has 20 heavy (non-hydrogen) atoms. The van der Waals surface area contributed by atoms with Crippen molar-refractivity contribution >= 4 is 17.4 Å². The van der Waals surface area contributed by atoms with Crippen molar-refractivity contribution in [3.05, 3.63) is 21.9 Å². The van der Waals surface area contributed by atoms with Crippen molar-refractivity contribution in [2.45, 2.75) is 12.6 Å². The zero-order valence-electron chi connectivity index (χ0n) is 11.3. The van der Waals surface area contributed by atoms with Crippen LogP contribution < -0.4 is 11.1 Å². The highest BCUT2D eigenvalue weighted by Crippen LogP contribution is 2.20. The van der Waals surface area contributed by atoms with Gasteiger partial charge in [0, 0.05) is 37.6 Å². The molecule has 0 aliphatic carbocycles. The number of fused-ring (bicyclic) bond motifs is 1. The summed E-state index contributed by atoms with van der Waals surface area (Å²) in [7, 11) is 0. The molecule has 2 saturated heterocycles. The molecule has 2 aliphatic heterocycles. The predicted octanol–water partition coefficient (Wildman–Crippen LogP) is 0.268. The van der Waals surface area contributed by atoms with E-state index in [9.17, 15) is 4.79 Å². The lowest BCUT2D eigenvalue weighted by Gasteiger charge is -2.36. The Bertz CT molecular complexity index is 559. The van der Waals surface area contributed by atoms with E-state index in [1.54, 1.807) is 11.3 Å². The molecular formula is C14H18N4OS. The molecule has 0 saturated carbocycles. The molecule has 2 aliphatic rings. The van der Waals surface area contributed by atoms with Crippen molar-refractivity contribution in [2.24, 2.45) is 5.73 Å². The number of amides is 2. The second-order valence-corrected chi connectivity index (χ2v) is 6.21. The number of urea groups is 1. The molecule has 1 aromatic rings. The van der Waals surface area contributed by atoms with E-state index >= 15 is 0 Å². The number of nitrogens with one attached hydrogen (secondary N) is 1. The normalized spacial score (nSPS) is 22.1. The Hall–Kier alpha value is -1.55. The number of thiophene rings is 1. The fourth-order valence-corrected chi connectivity index (χ4v) is 3.63. The van der Waals surface area contributed by atoms with Crippen molar-refractivity contribution < 1.29 is 4.79 Å². The van der Waals surface area contributed by atoms with E-state index in [-0.39, 0.29) is 6.03 Å². The highest BCUT2D eigenvalue weighted by molar-refractivity contribution is 7.12. The summed E-state index contributed by atoms with van der Waals surface area (Å²) >= 11 is 1.73. The smallest absolute Gasteiger partial charge is 0.317 e. The van der Waals surface area contributed by atoms with Gasteiger partial charge in [0.25, 0.3) is 0 Å². The largest absolute Gasteiger partial charge is 0.336 e. The van der Waals surface area contributed by atoms with Crippen LogP contribution in [0.15, 0.2) is 12.1 Å². The van der Waals surface area contributed by atoms with Crippen LogP contribution in [0.2, 0.25) is 0 Å². The molecule has 2 fully saturated rings. The average Bonchev–Trinajstić information content (AvgIpc) is 3.04. The third-order valence-electron chi connectivity index (χ3n) is 3.67. The van der Waals surface area contributed by atoms with Gasteiger partial charge in [-0.25, -0.2) is 4.79 Å². The number of piperazine rings is 1. The van der Waals surface area contributed by atoms with E-state index in [0.717, 1.165) is 37.6 Å². The summed E-state index contributed by atoms with van der Waals surface area (Å²) in [4.78, 5) is 18.3. The first kappa shape index (κ1) is 13.4. The van der Waals surface area contributed by atoms with Crippen LogP contribution in [-0.2, 0) is 6.54 Å².